The largest absolute Gasteiger partial charge is 0.508 e. The van der Waals surface area contributed by atoms with E-state index in [-0.39, 0.29) is 6.61 Å². The van der Waals surface area contributed by atoms with Crippen LogP contribution in [0.3, 0.4) is 0 Å². The van der Waals surface area contributed by atoms with E-state index in [1.165, 1.54) is 5.56 Å². The summed E-state index contributed by atoms with van der Waals surface area (Å²) in [7, 11) is 0. The second-order valence-electron chi connectivity index (χ2n) is 5.04. The maximum absolute atomic E-state index is 9.96. The number of phenolic OH excluding ortho intramolecular Hbond substituents is 1. The number of aliphatic hydroxyl groups excluding tert-OH is 1. The van der Waals surface area contributed by atoms with Gasteiger partial charge in [-0.3, -0.25) is 0 Å². The average Bonchev–Trinajstić information content (AvgIpc) is 2.48. The number of aliphatic hydroxyl groups is 1. The number of phenols is 1. The van der Waals surface area contributed by atoms with Gasteiger partial charge in [-0.15, -0.1) is 11.8 Å². The van der Waals surface area contributed by atoms with Crippen LogP contribution in [0.25, 0.3) is 0 Å². The Labute approximate surface area is 129 Å². The Bertz CT molecular complexity index is 581. The number of hydrogen-bond acceptors (Lipinski definition) is 4. The van der Waals surface area contributed by atoms with E-state index in [0.717, 1.165) is 16.2 Å². The van der Waals surface area contributed by atoms with Gasteiger partial charge in [-0.2, -0.15) is 0 Å². The van der Waals surface area contributed by atoms with Crippen LogP contribution in [0, 0.1) is 13.8 Å². The first-order chi connectivity index (χ1) is 10.0. The molecule has 112 valence electrons. The highest BCUT2D eigenvalue weighted by molar-refractivity contribution is 7.99. The summed E-state index contributed by atoms with van der Waals surface area (Å²) in [6.45, 7) is 4.15. The minimum absolute atomic E-state index is 0.271. The zero-order chi connectivity index (χ0) is 15.2. The van der Waals surface area contributed by atoms with Gasteiger partial charge in [0, 0.05) is 10.6 Å². The van der Waals surface area contributed by atoms with Crippen molar-refractivity contribution in [3.8, 4) is 11.5 Å². The van der Waals surface area contributed by atoms with Gasteiger partial charge < -0.3 is 14.9 Å². The molecule has 2 aromatic carbocycles. The number of hydrogen-bond donors (Lipinski definition) is 2. The molecule has 0 unspecified atom stereocenters. The van der Waals surface area contributed by atoms with Crippen molar-refractivity contribution >= 4 is 11.8 Å². The number of rotatable bonds is 6. The molecule has 2 rings (SSSR count). The molecule has 4 heteroatoms. The fourth-order valence-electron chi connectivity index (χ4n) is 1.79. The molecule has 0 aliphatic heterocycles. The van der Waals surface area contributed by atoms with Crippen molar-refractivity contribution in [2.45, 2.75) is 24.8 Å². The molecule has 0 saturated carbocycles. The number of ether oxygens (including phenoxy) is 1. The average molecular weight is 304 g/mol. The van der Waals surface area contributed by atoms with Crippen molar-refractivity contribution in [1.29, 1.82) is 0 Å². The topological polar surface area (TPSA) is 49.7 Å². The van der Waals surface area contributed by atoms with Crippen molar-refractivity contribution in [3.05, 3.63) is 53.6 Å². The first-order valence-corrected chi connectivity index (χ1v) is 7.83. The molecule has 2 aromatic rings. The van der Waals surface area contributed by atoms with Crippen molar-refractivity contribution in [2.24, 2.45) is 0 Å². The second kappa shape index (κ2) is 7.38. The Balaban J connectivity index is 1.77. The fraction of sp³-hybridized carbons (Fsp3) is 0.294. The third-order valence-corrected chi connectivity index (χ3v) is 4.21. The van der Waals surface area contributed by atoms with Crippen molar-refractivity contribution in [1.82, 2.24) is 0 Å². The van der Waals surface area contributed by atoms with Gasteiger partial charge in [0.1, 0.15) is 18.1 Å². The predicted octanol–water partition coefficient (Wildman–Crippen LogP) is 3.54. The van der Waals surface area contributed by atoms with Crippen LogP contribution in [-0.2, 0) is 0 Å². The van der Waals surface area contributed by atoms with Crippen LogP contribution < -0.4 is 4.74 Å². The van der Waals surface area contributed by atoms with Gasteiger partial charge >= 0.3 is 0 Å². The van der Waals surface area contributed by atoms with E-state index in [9.17, 15) is 10.2 Å². The molecule has 1 atom stereocenters. The van der Waals surface area contributed by atoms with Gasteiger partial charge in [-0.25, -0.2) is 0 Å². The highest BCUT2D eigenvalue weighted by Gasteiger charge is 2.07. The SMILES string of the molecule is Cc1ccc(OC[C@H](O)CSc2ccc(O)c(C)c2)cc1. The Hall–Kier alpha value is -1.65. The van der Waals surface area contributed by atoms with Gasteiger partial charge in [0.05, 0.1) is 6.10 Å². The summed E-state index contributed by atoms with van der Waals surface area (Å²) >= 11 is 1.55. The van der Waals surface area contributed by atoms with E-state index in [1.807, 2.05) is 50.2 Å². The van der Waals surface area contributed by atoms with E-state index in [1.54, 1.807) is 17.8 Å². The van der Waals surface area contributed by atoms with E-state index in [0.29, 0.717) is 11.5 Å². The van der Waals surface area contributed by atoms with E-state index >= 15 is 0 Å². The van der Waals surface area contributed by atoms with Crippen LogP contribution in [0.1, 0.15) is 11.1 Å². The minimum Gasteiger partial charge on any atom is -0.508 e. The van der Waals surface area contributed by atoms with Gasteiger partial charge in [0.2, 0.25) is 0 Å². The lowest BCUT2D eigenvalue weighted by atomic mass is 10.2. The number of benzene rings is 2. The highest BCUT2D eigenvalue weighted by Crippen LogP contribution is 2.25. The quantitative estimate of drug-likeness (QED) is 0.801. The minimum atomic E-state index is -0.537. The second-order valence-corrected chi connectivity index (χ2v) is 6.13. The van der Waals surface area contributed by atoms with Crippen LogP contribution in [0.4, 0.5) is 0 Å². The first-order valence-electron chi connectivity index (χ1n) is 6.84. The molecule has 0 saturated heterocycles. The molecule has 0 aromatic heterocycles. The lowest BCUT2D eigenvalue weighted by Gasteiger charge is -2.12. The Kier molecular flexibility index (Phi) is 5.53. The number of thioether (sulfide) groups is 1. The van der Waals surface area contributed by atoms with Gasteiger partial charge in [0.25, 0.3) is 0 Å². The van der Waals surface area contributed by atoms with Gasteiger partial charge in [-0.1, -0.05) is 17.7 Å². The summed E-state index contributed by atoms with van der Waals surface area (Å²) in [6, 6.07) is 13.2. The van der Waals surface area contributed by atoms with Crippen molar-refractivity contribution in [3.63, 3.8) is 0 Å². The highest BCUT2D eigenvalue weighted by atomic mass is 32.2. The van der Waals surface area contributed by atoms with E-state index in [4.69, 9.17) is 4.74 Å². The summed E-state index contributed by atoms with van der Waals surface area (Å²) in [4.78, 5) is 1.03. The van der Waals surface area contributed by atoms with Crippen LogP contribution in [-0.4, -0.2) is 28.7 Å². The zero-order valence-electron chi connectivity index (χ0n) is 12.2. The lowest BCUT2D eigenvalue weighted by molar-refractivity contribution is 0.126. The molecule has 0 bridgehead atoms. The van der Waals surface area contributed by atoms with Crippen molar-refractivity contribution in [2.75, 3.05) is 12.4 Å². The molecule has 2 N–H and O–H groups in total. The molecule has 0 radical (unpaired) electrons. The molecule has 0 amide bonds. The lowest BCUT2D eigenvalue weighted by Crippen LogP contribution is -2.20. The van der Waals surface area contributed by atoms with Crippen LogP contribution in [0.5, 0.6) is 11.5 Å². The third-order valence-electron chi connectivity index (χ3n) is 3.07. The molecular weight excluding hydrogens is 284 g/mol. The third kappa shape index (κ3) is 4.99. The van der Waals surface area contributed by atoms with Gasteiger partial charge in [-0.05, 0) is 49.7 Å². The summed E-state index contributed by atoms with van der Waals surface area (Å²) in [5, 5.41) is 19.4. The predicted molar refractivity (Wildman–Crippen MR) is 86.2 cm³/mol. The smallest absolute Gasteiger partial charge is 0.119 e. The maximum Gasteiger partial charge on any atom is 0.119 e. The van der Waals surface area contributed by atoms with E-state index < -0.39 is 6.10 Å². The molecule has 0 spiro atoms. The molecule has 0 aliphatic carbocycles. The molecule has 3 nitrogen and oxygen atoms in total. The van der Waals surface area contributed by atoms with Crippen LogP contribution in [0.15, 0.2) is 47.4 Å². The van der Waals surface area contributed by atoms with Gasteiger partial charge in [0.15, 0.2) is 0 Å². The van der Waals surface area contributed by atoms with Crippen LogP contribution in [0.2, 0.25) is 0 Å². The summed E-state index contributed by atoms with van der Waals surface area (Å²) in [5.74, 6) is 1.61. The first kappa shape index (κ1) is 15.7. The molecule has 0 heterocycles. The van der Waals surface area contributed by atoms with Crippen LogP contribution >= 0.6 is 11.8 Å². The monoisotopic (exact) mass is 304 g/mol. The molecule has 0 fully saturated rings. The fourth-order valence-corrected chi connectivity index (χ4v) is 2.69. The molecular formula is C17H20O3S. The zero-order valence-corrected chi connectivity index (χ0v) is 13.1. The van der Waals surface area contributed by atoms with E-state index in [2.05, 4.69) is 0 Å². The van der Waals surface area contributed by atoms with Crippen molar-refractivity contribution < 1.29 is 14.9 Å². The standard InChI is InChI=1S/C17H20O3S/c1-12-3-5-15(6-4-12)20-10-14(18)11-21-16-7-8-17(19)13(2)9-16/h3-9,14,18-19H,10-11H2,1-2H3/t14-/m0/s1. The molecule has 0 aliphatic rings. The maximum atomic E-state index is 9.96. The number of aromatic hydroxyl groups is 1. The Morgan fingerprint density at radius 1 is 1.10 bits per heavy atom. The summed E-state index contributed by atoms with van der Waals surface area (Å²) in [5.41, 5.74) is 2.02. The Morgan fingerprint density at radius 3 is 2.48 bits per heavy atom. The normalized spacial score (nSPS) is 12.1. The summed E-state index contributed by atoms with van der Waals surface area (Å²) in [6.07, 6.45) is -0.537. The summed E-state index contributed by atoms with van der Waals surface area (Å²) < 4.78 is 5.55. The Morgan fingerprint density at radius 2 is 1.81 bits per heavy atom. The number of aryl methyl sites for hydroxylation is 2. The molecule has 21 heavy (non-hydrogen) atoms.